The van der Waals surface area contributed by atoms with Gasteiger partial charge in [-0.3, -0.25) is 9.59 Å². The van der Waals surface area contributed by atoms with Crippen LogP contribution >= 0.6 is 0 Å². The Hall–Kier alpha value is -2.05. The van der Waals surface area contributed by atoms with E-state index >= 15 is 0 Å². The number of nitrogens with one attached hydrogen (secondary N) is 1. The van der Waals surface area contributed by atoms with Crippen LogP contribution in [-0.4, -0.2) is 35.5 Å². The maximum Gasteiger partial charge on any atom is 0.471 e. The summed E-state index contributed by atoms with van der Waals surface area (Å²) in [7, 11) is 0. The smallest absolute Gasteiger partial charge is 0.348 e. The number of hydrogen-bond donors (Lipinski definition) is 1. The van der Waals surface area contributed by atoms with Crippen LogP contribution < -0.4 is 5.32 Å². The third-order valence-corrected chi connectivity index (χ3v) is 3.72. The molecule has 1 saturated heterocycles. The van der Waals surface area contributed by atoms with Gasteiger partial charge in [-0.15, -0.1) is 0 Å². The Kier molecular flexibility index (Phi) is 4.73. The zero-order chi connectivity index (χ0) is 16.3. The van der Waals surface area contributed by atoms with Gasteiger partial charge in [0.15, 0.2) is 0 Å². The fourth-order valence-corrected chi connectivity index (χ4v) is 2.58. The summed E-state index contributed by atoms with van der Waals surface area (Å²) in [6.45, 7) is 1.70. The molecule has 0 saturated carbocycles. The molecule has 22 heavy (non-hydrogen) atoms. The first-order chi connectivity index (χ1) is 10.3. The van der Waals surface area contributed by atoms with Gasteiger partial charge in [-0.1, -0.05) is 30.3 Å². The van der Waals surface area contributed by atoms with Crippen LogP contribution in [0.25, 0.3) is 0 Å². The number of hydrogen-bond acceptors (Lipinski definition) is 2. The molecule has 2 atom stereocenters. The minimum atomic E-state index is -4.95. The molecule has 0 aromatic heterocycles. The highest BCUT2D eigenvalue weighted by Gasteiger charge is 2.47. The first-order valence-electron chi connectivity index (χ1n) is 7.04. The largest absolute Gasteiger partial charge is 0.471 e. The maximum absolute atomic E-state index is 12.5. The number of alkyl halides is 3. The van der Waals surface area contributed by atoms with Crippen molar-refractivity contribution in [3.8, 4) is 0 Å². The van der Waals surface area contributed by atoms with Crippen LogP contribution in [0.5, 0.6) is 0 Å². The van der Waals surface area contributed by atoms with E-state index in [2.05, 4.69) is 5.32 Å². The van der Waals surface area contributed by atoms with Gasteiger partial charge >= 0.3 is 12.1 Å². The molecule has 120 valence electrons. The highest BCUT2D eigenvalue weighted by molar-refractivity contribution is 5.90. The standard InChI is InChI=1S/C15H17F3N2O2/c1-10(11-6-3-2-4-7-11)19-13(21)12-8-5-9-20(12)14(22)15(16,17)18/h2-4,6-7,10,12H,5,8-9H2,1H3,(H,19,21). The van der Waals surface area contributed by atoms with E-state index in [1.54, 1.807) is 6.92 Å². The van der Waals surface area contributed by atoms with Crippen molar-refractivity contribution >= 4 is 11.8 Å². The second-order valence-corrected chi connectivity index (χ2v) is 5.30. The van der Waals surface area contributed by atoms with Crippen LogP contribution in [-0.2, 0) is 9.59 Å². The lowest BCUT2D eigenvalue weighted by molar-refractivity contribution is -0.186. The number of amides is 2. The summed E-state index contributed by atoms with van der Waals surface area (Å²) in [4.78, 5) is 24.2. The van der Waals surface area contributed by atoms with E-state index in [0.717, 1.165) is 5.56 Å². The molecule has 0 radical (unpaired) electrons. The predicted octanol–water partition coefficient (Wildman–Crippen LogP) is 2.42. The normalized spacial score (nSPS) is 19.8. The van der Waals surface area contributed by atoms with Crippen molar-refractivity contribution in [3.63, 3.8) is 0 Å². The van der Waals surface area contributed by atoms with Gasteiger partial charge in [-0.2, -0.15) is 13.2 Å². The summed E-state index contributed by atoms with van der Waals surface area (Å²) in [5.74, 6) is -2.50. The topological polar surface area (TPSA) is 49.4 Å². The molecule has 0 bridgehead atoms. The maximum atomic E-state index is 12.5. The van der Waals surface area contributed by atoms with E-state index in [4.69, 9.17) is 0 Å². The summed E-state index contributed by atoms with van der Waals surface area (Å²) in [6.07, 6.45) is -4.32. The summed E-state index contributed by atoms with van der Waals surface area (Å²) < 4.78 is 37.6. The summed E-state index contributed by atoms with van der Waals surface area (Å²) in [5.41, 5.74) is 0.850. The highest BCUT2D eigenvalue weighted by Crippen LogP contribution is 2.26. The molecule has 4 nitrogen and oxygen atoms in total. The molecule has 2 unspecified atom stereocenters. The van der Waals surface area contributed by atoms with Gasteiger partial charge < -0.3 is 10.2 Å². The van der Waals surface area contributed by atoms with Crippen LogP contribution in [0, 0.1) is 0 Å². The third-order valence-electron chi connectivity index (χ3n) is 3.72. The highest BCUT2D eigenvalue weighted by atomic mass is 19.4. The first-order valence-corrected chi connectivity index (χ1v) is 7.04. The minimum absolute atomic E-state index is 0.0455. The van der Waals surface area contributed by atoms with Gasteiger partial charge in [0, 0.05) is 6.54 Å². The summed E-state index contributed by atoms with van der Waals surface area (Å²) in [5, 5.41) is 2.67. The fourth-order valence-electron chi connectivity index (χ4n) is 2.58. The van der Waals surface area contributed by atoms with Crippen molar-refractivity contribution in [3.05, 3.63) is 35.9 Å². The number of nitrogens with zero attached hydrogens (tertiary/aromatic N) is 1. The first kappa shape index (κ1) is 16.3. The monoisotopic (exact) mass is 314 g/mol. The molecule has 2 amide bonds. The fraction of sp³-hybridized carbons (Fsp3) is 0.467. The molecule has 1 heterocycles. The van der Waals surface area contributed by atoms with Crippen molar-refractivity contribution < 1.29 is 22.8 Å². The lowest BCUT2D eigenvalue weighted by Gasteiger charge is -2.26. The molecule has 1 aromatic rings. The Balaban J connectivity index is 2.04. The summed E-state index contributed by atoms with van der Waals surface area (Å²) >= 11 is 0. The quantitative estimate of drug-likeness (QED) is 0.931. The third kappa shape index (κ3) is 3.58. The molecule has 1 N–H and O–H groups in total. The van der Waals surface area contributed by atoms with Crippen molar-refractivity contribution in [2.24, 2.45) is 0 Å². The molecule has 1 aromatic carbocycles. The van der Waals surface area contributed by atoms with Crippen LogP contribution in [0.4, 0.5) is 13.2 Å². The minimum Gasteiger partial charge on any atom is -0.348 e. The van der Waals surface area contributed by atoms with E-state index < -0.39 is 24.0 Å². The SMILES string of the molecule is CC(NC(=O)C1CCCN1C(=O)C(F)(F)F)c1ccccc1. The van der Waals surface area contributed by atoms with Crippen molar-refractivity contribution in [2.75, 3.05) is 6.54 Å². The Morgan fingerprint density at radius 3 is 2.50 bits per heavy atom. The number of rotatable bonds is 3. The molecule has 7 heteroatoms. The molecule has 0 aliphatic carbocycles. The zero-order valence-electron chi connectivity index (χ0n) is 12.1. The summed E-state index contributed by atoms with van der Waals surface area (Å²) in [6, 6.07) is 7.70. The molecular weight excluding hydrogens is 297 g/mol. The number of carbonyl (C=O) groups is 2. The van der Waals surface area contributed by atoms with Crippen LogP contribution in [0.1, 0.15) is 31.4 Å². The van der Waals surface area contributed by atoms with Gasteiger partial charge in [0.2, 0.25) is 5.91 Å². The average molecular weight is 314 g/mol. The van der Waals surface area contributed by atoms with Crippen LogP contribution in [0.2, 0.25) is 0 Å². The molecule has 1 aliphatic rings. The van der Waals surface area contributed by atoms with Gasteiger partial charge in [0.1, 0.15) is 6.04 Å². The molecule has 1 aliphatic heterocycles. The van der Waals surface area contributed by atoms with E-state index in [0.29, 0.717) is 11.3 Å². The second-order valence-electron chi connectivity index (χ2n) is 5.30. The van der Waals surface area contributed by atoms with Crippen molar-refractivity contribution in [1.29, 1.82) is 0 Å². The van der Waals surface area contributed by atoms with Crippen LogP contribution in [0.15, 0.2) is 30.3 Å². The van der Waals surface area contributed by atoms with E-state index in [1.165, 1.54) is 0 Å². The van der Waals surface area contributed by atoms with Gasteiger partial charge in [0.25, 0.3) is 0 Å². The van der Waals surface area contributed by atoms with E-state index in [1.807, 2.05) is 30.3 Å². The number of benzene rings is 1. The van der Waals surface area contributed by atoms with Gasteiger partial charge in [-0.25, -0.2) is 0 Å². The Labute approximate surface area is 126 Å². The zero-order valence-corrected chi connectivity index (χ0v) is 12.1. The van der Waals surface area contributed by atoms with Crippen molar-refractivity contribution in [2.45, 2.75) is 38.0 Å². The van der Waals surface area contributed by atoms with Crippen LogP contribution in [0.3, 0.4) is 0 Å². The van der Waals surface area contributed by atoms with E-state index in [9.17, 15) is 22.8 Å². The van der Waals surface area contributed by atoms with Crippen molar-refractivity contribution in [1.82, 2.24) is 10.2 Å². The number of likely N-dealkylation sites (tertiary alicyclic amines) is 1. The molecule has 1 fully saturated rings. The molecule has 0 spiro atoms. The van der Waals surface area contributed by atoms with Gasteiger partial charge in [0.05, 0.1) is 6.04 Å². The lowest BCUT2D eigenvalue weighted by Crippen LogP contribution is -2.50. The lowest BCUT2D eigenvalue weighted by atomic mass is 10.1. The Morgan fingerprint density at radius 2 is 1.91 bits per heavy atom. The Morgan fingerprint density at radius 1 is 1.27 bits per heavy atom. The predicted molar refractivity (Wildman–Crippen MR) is 73.8 cm³/mol. The molecule has 2 rings (SSSR count). The second kappa shape index (κ2) is 6.37. The Bertz CT molecular complexity index is 545. The average Bonchev–Trinajstić information content (AvgIpc) is 2.95. The number of carbonyl (C=O) groups excluding carboxylic acids is 2. The number of halogens is 3. The molecular formula is C15H17F3N2O2. The van der Waals surface area contributed by atoms with E-state index in [-0.39, 0.29) is 19.0 Å². The van der Waals surface area contributed by atoms with Gasteiger partial charge in [-0.05, 0) is 25.3 Å².